The number of nitrogens with zero attached hydrogens (tertiary/aromatic N) is 3. The highest BCUT2D eigenvalue weighted by molar-refractivity contribution is 7.89. The SMILES string of the molecule is CS(=O)(=O)NC1=CN(C2CC2)Cn2cc(CN)nc21. The van der Waals surface area contributed by atoms with Gasteiger partial charge >= 0.3 is 0 Å². The van der Waals surface area contributed by atoms with Crippen molar-refractivity contribution in [3.05, 3.63) is 23.9 Å². The first-order valence-corrected chi connectivity index (χ1v) is 8.07. The van der Waals surface area contributed by atoms with Crippen LogP contribution in [0.1, 0.15) is 24.4 Å². The molecule has 3 rings (SSSR count). The molecule has 7 nitrogen and oxygen atoms in total. The van der Waals surface area contributed by atoms with Gasteiger partial charge in [-0.3, -0.25) is 4.72 Å². The van der Waals surface area contributed by atoms with Gasteiger partial charge in [0, 0.05) is 25.0 Å². The monoisotopic (exact) mass is 283 g/mol. The van der Waals surface area contributed by atoms with Crippen LogP contribution in [-0.2, 0) is 23.2 Å². The molecule has 0 saturated heterocycles. The molecule has 1 saturated carbocycles. The van der Waals surface area contributed by atoms with Gasteiger partial charge in [0.05, 0.1) is 18.6 Å². The summed E-state index contributed by atoms with van der Waals surface area (Å²) in [7, 11) is -3.32. The molecular weight excluding hydrogens is 266 g/mol. The van der Waals surface area contributed by atoms with E-state index in [-0.39, 0.29) is 0 Å². The van der Waals surface area contributed by atoms with Gasteiger partial charge in [0.15, 0.2) is 5.82 Å². The minimum absolute atomic E-state index is 0.343. The Morgan fingerprint density at radius 3 is 2.84 bits per heavy atom. The molecular formula is C11H17N5O2S. The maximum atomic E-state index is 11.4. The molecule has 1 aromatic heterocycles. The maximum Gasteiger partial charge on any atom is 0.229 e. The zero-order chi connectivity index (χ0) is 13.6. The molecule has 0 amide bonds. The lowest BCUT2D eigenvalue weighted by Gasteiger charge is -2.28. The molecule has 3 N–H and O–H groups in total. The molecule has 0 unspecified atom stereocenters. The molecule has 0 atom stereocenters. The van der Waals surface area contributed by atoms with Crippen LogP contribution < -0.4 is 10.5 Å². The lowest BCUT2D eigenvalue weighted by molar-refractivity contribution is 0.284. The highest BCUT2D eigenvalue weighted by Crippen LogP contribution is 2.31. The van der Waals surface area contributed by atoms with Gasteiger partial charge in [-0.1, -0.05) is 0 Å². The third kappa shape index (κ3) is 2.59. The summed E-state index contributed by atoms with van der Waals surface area (Å²) in [6.07, 6.45) is 7.16. The molecule has 1 aliphatic heterocycles. The summed E-state index contributed by atoms with van der Waals surface area (Å²) >= 11 is 0. The molecule has 0 radical (unpaired) electrons. The number of hydrogen-bond donors (Lipinski definition) is 2. The second kappa shape index (κ2) is 4.24. The van der Waals surface area contributed by atoms with E-state index < -0.39 is 10.0 Å². The largest absolute Gasteiger partial charge is 0.354 e. The van der Waals surface area contributed by atoms with E-state index >= 15 is 0 Å². The molecule has 0 spiro atoms. The predicted molar refractivity (Wildman–Crippen MR) is 70.9 cm³/mol. The Kier molecular flexibility index (Phi) is 2.79. The summed E-state index contributed by atoms with van der Waals surface area (Å²) in [5, 5.41) is 0. The molecule has 19 heavy (non-hydrogen) atoms. The number of rotatable bonds is 4. The standard InChI is InChI=1S/C11H17N5O2S/c1-19(17,18)14-10-6-15(9-2-3-9)7-16-5-8(4-12)13-11(10)16/h5-6,9,14H,2-4,7,12H2,1H3. The van der Waals surface area contributed by atoms with E-state index in [9.17, 15) is 8.42 Å². The van der Waals surface area contributed by atoms with Crippen LogP contribution in [0, 0.1) is 0 Å². The summed E-state index contributed by atoms with van der Waals surface area (Å²) < 4.78 is 27.4. The average Bonchev–Trinajstić information content (AvgIpc) is 3.07. The van der Waals surface area contributed by atoms with Crippen LogP contribution in [0.3, 0.4) is 0 Å². The topological polar surface area (TPSA) is 93.2 Å². The van der Waals surface area contributed by atoms with Crippen molar-refractivity contribution in [3.8, 4) is 0 Å². The van der Waals surface area contributed by atoms with Crippen LogP contribution in [0.15, 0.2) is 12.4 Å². The summed E-state index contributed by atoms with van der Waals surface area (Å²) in [6, 6.07) is 0.508. The van der Waals surface area contributed by atoms with Crippen molar-refractivity contribution in [1.29, 1.82) is 0 Å². The molecule has 0 bridgehead atoms. The fourth-order valence-electron chi connectivity index (χ4n) is 2.23. The Morgan fingerprint density at radius 1 is 1.53 bits per heavy atom. The van der Waals surface area contributed by atoms with Gasteiger partial charge in [-0.15, -0.1) is 0 Å². The third-order valence-corrected chi connectivity index (χ3v) is 3.79. The van der Waals surface area contributed by atoms with Crippen molar-refractivity contribution < 1.29 is 8.42 Å². The molecule has 104 valence electrons. The van der Waals surface area contributed by atoms with Crippen molar-refractivity contribution in [2.45, 2.75) is 32.1 Å². The van der Waals surface area contributed by atoms with Crippen molar-refractivity contribution in [2.24, 2.45) is 5.73 Å². The molecule has 1 aromatic rings. The van der Waals surface area contributed by atoms with Gasteiger partial charge in [-0.25, -0.2) is 13.4 Å². The Hall–Kier alpha value is -1.54. The second-order valence-corrected chi connectivity index (χ2v) is 6.78. The quantitative estimate of drug-likeness (QED) is 0.786. The summed E-state index contributed by atoms with van der Waals surface area (Å²) in [6.45, 7) is 1.04. The first-order chi connectivity index (χ1) is 8.96. The third-order valence-electron chi connectivity index (χ3n) is 3.20. The van der Waals surface area contributed by atoms with Crippen LogP contribution in [-0.4, -0.2) is 35.2 Å². The lowest BCUT2D eigenvalue weighted by Crippen LogP contribution is -2.33. The number of aromatic nitrogens is 2. The van der Waals surface area contributed by atoms with E-state index in [4.69, 9.17) is 5.73 Å². The molecule has 2 heterocycles. The fourth-order valence-corrected chi connectivity index (χ4v) is 2.77. The smallest absolute Gasteiger partial charge is 0.229 e. The number of imidazole rings is 1. The number of sulfonamides is 1. The predicted octanol–water partition coefficient (Wildman–Crippen LogP) is -0.375. The molecule has 1 fully saturated rings. The van der Waals surface area contributed by atoms with Crippen LogP contribution in [0.5, 0.6) is 0 Å². The first kappa shape index (κ1) is 12.5. The van der Waals surface area contributed by atoms with Crippen LogP contribution in [0.2, 0.25) is 0 Å². The lowest BCUT2D eigenvalue weighted by atomic mass is 10.3. The Balaban J connectivity index is 1.98. The highest BCUT2D eigenvalue weighted by atomic mass is 32.2. The summed E-state index contributed by atoms with van der Waals surface area (Å²) in [5.74, 6) is 0.628. The minimum Gasteiger partial charge on any atom is -0.354 e. The molecule has 0 aromatic carbocycles. The Bertz CT molecular complexity index is 630. The Morgan fingerprint density at radius 2 is 2.26 bits per heavy atom. The van der Waals surface area contributed by atoms with E-state index in [2.05, 4.69) is 14.6 Å². The highest BCUT2D eigenvalue weighted by Gasteiger charge is 2.31. The minimum atomic E-state index is -3.32. The van der Waals surface area contributed by atoms with Gasteiger partial charge in [-0.05, 0) is 12.8 Å². The average molecular weight is 283 g/mol. The Labute approximate surface area is 112 Å². The van der Waals surface area contributed by atoms with Crippen molar-refractivity contribution in [2.75, 3.05) is 6.26 Å². The maximum absolute atomic E-state index is 11.4. The second-order valence-electron chi connectivity index (χ2n) is 5.03. The van der Waals surface area contributed by atoms with Crippen molar-refractivity contribution >= 4 is 15.7 Å². The normalized spacial score (nSPS) is 19.1. The van der Waals surface area contributed by atoms with Crippen LogP contribution >= 0.6 is 0 Å². The molecule has 8 heteroatoms. The van der Waals surface area contributed by atoms with E-state index in [0.29, 0.717) is 30.8 Å². The van der Waals surface area contributed by atoms with Gasteiger partial charge in [-0.2, -0.15) is 0 Å². The first-order valence-electron chi connectivity index (χ1n) is 6.18. The molecule has 2 aliphatic rings. The summed E-state index contributed by atoms with van der Waals surface area (Å²) in [5.41, 5.74) is 6.87. The van der Waals surface area contributed by atoms with Crippen LogP contribution in [0.25, 0.3) is 5.70 Å². The van der Waals surface area contributed by atoms with Crippen molar-refractivity contribution in [1.82, 2.24) is 19.2 Å². The van der Waals surface area contributed by atoms with E-state index in [1.807, 2.05) is 17.0 Å². The van der Waals surface area contributed by atoms with E-state index in [1.165, 1.54) is 0 Å². The number of fused-ring (bicyclic) bond motifs is 1. The molecule has 1 aliphatic carbocycles. The zero-order valence-corrected chi connectivity index (χ0v) is 11.5. The fraction of sp³-hybridized carbons (Fsp3) is 0.545. The number of nitrogens with two attached hydrogens (primary N) is 1. The van der Waals surface area contributed by atoms with Gasteiger partial charge in [0.25, 0.3) is 0 Å². The van der Waals surface area contributed by atoms with E-state index in [0.717, 1.165) is 24.8 Å². The zero-order valence-electron chi connectivity index (χ0n) is 10.7. The van der Waals surface area contributed by atoms with E-state index in [1.54, 1.807) is 0 Å². The van der Waals surface area contributed by atoms with Gasteiger partial charge < -0.3 is 15.2 Å². The van der Waals surface area contributed by atoms with Crippen molar-refractivity contribution in [3.63, 3.8) is 0 Å². The number of nitrogens with one attached hydrogen (secondary N) is 1. The van der Waals surface area contributed by atoms with Crippen LogP contribution in [0.4, 0.5) is 0 Å². The summed E-state index contributed by atoms with van der Waals surface area (Å²) in [4.78, 5) is 6.51. The number of hydrogen-bond acceptors (Lipinski definition) is 5. The van der Waals surface area contributed by atoms with Gasteiger partial charge in [0.2, 0.25) is 10.0 Å². The van der Waals surface area contributed by atoms with Gasteiger partial charge in [0.1, 0.15) is 5.70 Å².